The number of carboxylic acids is 1. The Kier molecular flexibility index (Phi) is 4.35. The van der Waals surface area contributed by atoms with Gasteiger partial charge in [-0.05, 0) is 51.0 Å². The maximum absolute atomic E-state index is 12.2. The SMILES string of the molecule is COc1c(C)cc(C(=O)CC(C)(C)C(=O)O)cc1C. The zero-order valence-electron chi connectivity index (χ0n) is 12.0. The molecule has 1 aromatic rings. The van der Waals surface area contributed by atoms with Crippen molar-refractivity contribution in [3.63, 3.8) is 0 Å². The molecule has 0 spiro atoms. The van der Waals surface area contributed by atoms with E-state index in [9.17, 15) is 9.59 Å². The number of ketones is 1. The number of carboxylic acid groups (broad SMARTS) is 1. The van der Waals surface area contributed by atoms with E-state index in [1.165, 1.54) is 0 Å². The van der Waals surface area contributed by atoms with Crippen LogP contribution in [0.4, 0.5) is 0 Å². The lowest BCUT2D eigenvalue weighted by Gasteiger charge is -2.18. The summed E-state index contributed by atoms with van der Waals surface area (Å²) in [5, 5.41) is 9.06. The standard InChI is InChI=1S/C15H20O4/c1-9-6-11(7-10(2)13(9)19-5)12(16)8-15(3,4)14(17)18/h6-7H,8H2,1-5H3,(H,17,18). The van der Waals surface area contributed by atoms with Crippen molar-refractivity contribution in [2.45, 2.75) is 34.1 Å². The Balaban J connectivity index is 3.05. The molecule has 0 bridgehead atoms. The number of benzene rings is 1. The maximum atomic E-state index is 12.2. The normalized spacial score (nSPS) is 11.2. The van der Waals surface area contributed by atoms with Gasteiger partial charge in [0.1, 0.15) is 5.75 Å². The lowest BCUT2D eigenvalue weighted by Crippen LogP contribution is -2.27. The molecule has 4 nitrogen and oxygen atoms in total. The lowest BCUT2D eigenvalue weighted by atomic mass is 9.85. The Bertz CT molecular complexity index is 492. The zero-order valence-corrected chi connectivity index (χ0v) is 12.0. The molecule has 0 saturated carbocycles. The number of ether oxygens (including phenoxy) is 1. The minimum absolute atomic E-state index is 0.0203. The average molecular weight is 264 g/mol. The van der Waals surface area contributed by atoms with Crippen LogP contribution in [0, 0.1) is 19.3 Å². The van der Waals surface area contributed by atoms with E-state index in [-0.39, 0.29) is 12.2 Å². The van der Waals surface area contributed by atoms with Crippen molar-refractivity contribution < 1.29 is 19.4 Å². The van der Waals surface area contributed by atoms with Gasteiger partial charge >= 0.3 is 5.97 Å². The van der Waals surface area contributed by atoms with E-state index in [1.807, 2.05) is 13.8 Å². The largest absolute Gasteiger partial charge is 0.496 e. The van der Waals surface area contributed by atoms with Gasteiger partial charge in [-0.15, -0.1) is 0 Å². The average Bonchev–Trinajstić information content (AvgIpc) is 2.27. The summed E-state index contributed by atoms with van der Waals surface area (Å²) in [7, 11) is 1.59. The van der Waals surface area contributed by atoms with Gasteiger partial charge in [0, 0.05) is 12.0 Å². The number of carbonyl (C=O) groups is 2. The fourth-order valence-corrected chi connectivity index (χ4v) is 2.01. The number of aliphatic carboxylic acids is 1. The molecular formula is C15H20O4. The summed E-state index contributed by atoms with van der Waals surface area (Å²) in [4.78, 5) is 23.2. The molecule has 0 radical (unpaired) electrons. The number of aryl methyl sites for hydroxylation is 2. The Morgan fingerprint density at radius 3 is 2.05 bits per heavy atom. The Hall–Kier alpha value is -1.84. The van der Waals surface area contributed by atoms with Gasteiger partial charge < -0.3 is 9.84 Å². The third-order valence-electron chi connectivity index (χ3n) is 3.17. The topological polar surface area (TPSA) is 63.6 Å². The maximum Gasteiger partial charge on any atom is 0.309 e. The highest BCUT2D eigenvalue weighted by molar-refractivity contribution is 5.99. The van der Waals surface area contributed by atoms with Crippen LogP contribution in [0.25, 0.3) is 0 Å². The molecule has 0 saturated heterocycles. The lowest BCUT2D eigenvalue weighted by molar-refractivity contribution is -0.146. The minimum atomic E-state index is -1.06. The van der Waals surface area contributed by atoms with Crippen LogP contribution in [0.3, 0.4) is 0 Å². The van der Waals surface area contributed by atoms with Crippen LogP contribution in [0.15, 0.2) is 12.1 Å². The first-order valence-corrected chi connectivity index (χ1v) is 6.11. The van der Waals surface area contributed by atoms with E-state index in [1.54, 1.807) is 33.1 Å². The molecular weight excluding hydrogens is 244 g/mol. The molecule has 0 heterocycles. The van der Waals surface area contributed by atoms with Gasteiger partial charge in [-0.1, -0.05) is 0 Å². The van der Waals surface area contributed by atoms with E-state index < -0.39 is 11.4 Å². The van der Waals surface area contributed by atoms with E-state index in [2.05, 4.69) is 0 Å². The molecule has 1 rings (SSSR count). The smallest absolute Gasteiger partial charge is 0.309 e. The van der Waals surface area contributed by atoms with Crippen molar-refractivity contribution in [1.82, 2.24) is 0 Å². The number of Topliss-reactive ketones (excluding diaryl/α,β-unsaturated/α-hetero) is 1. The van der Waals surface area contributed by atoms with Gasteiger partial charge in [0.2, 0.25) is 0 Å². The van der Waals surface area contributed by atoms with Crippen LogP contribution in [-0.4, -0.2) is 24.0 Å². The molecule has 0 aliphatic carbocycles. The monoisotopic (exact) mass is 264 g/mol. The summed E-state index contributed by atoms with van der Waals surface area (Å²) >= 11 is 0. The second-order valence-electron chi connectivity index (χ2n) is 5.43. The number of carbonyl (C=O) groups excluding carboxylic acids is 1. The molecule has 0 aromatic heterocycles. The number of hydrogen-bond donors (Lipinski definition) is 1. The first kappa shape index (κ1) is 15.2. The predicted octanol–water partition coefficient (Wildman–Crippen LogP) is 3.00. The van der Waals surface area contributed by atoms with E-state index in [0.29, 0.717) is 5.56 Å². The van der Waals surface area contributed by atoms with E-state index >= 15 is 0 Å². The van der Waals surface area contributed by atoms with Crippen molar-refractivity contribution in [3.8, 4) is 5.75 Å². The highest BCUT2D eigenvalue weighted by Crippen LogP contribution is 2.28. The van der Waals surface area contributed by atoms with Crippen LogP contribution in [-0.2, 0) is 4.79 Å². The second kappa shape index (κ2) is 5.43. The fraction of sp³-hybridized carbons (Fsp3) is 0.467. The molecule has 0 aliphatic rings. The first-order valence-electron chi connectivity index (χ1n) is 6.11. The number of hydrogen-bond acceptors (Lipinski definition) is 3. The summed E-state index contributed by atoms with van der Waals surface area (Å²) < 4.78 is 5.24. The molecule has 104 valence electrons. The van der Waals surface area contributed by atoms with E-state index in [0.717, 1.165) is 16.9 Å². The van der Waals surface area contributed by atoms with Crippen molar-refractivity contribution in [2.75, 3.05) is 7.11 Å². The second-order valence-corrected chi connectivity index (χ2v) is 5.43. The predicted molar refractivity (Wildman–Crippen MR) is 72.8 cm³/mol. The summed E-state index contributed by atoms with van der Waals surface area (Å²) in [6.45, 7) is 6.84. The van der Waals surface area contributed by atoms with Gasteiger partial charge in [-0.25, -0.2) is 0 Å². The van der Waals surface area contributed by atoms with Crippen LogP contribution >= 0.6 is 0 Å². The summed E-state index contributed by atoms with van der Waals surface area (Å²) in [5.41, 5.74) is 1.22. The highest BCUT2D eigenvalue weighted by atomic mass is 16.5. The number of rotatable bonds is 5. The third-order valence-corrected chi connectivity index (χ3v) is 3.17. The van der Waals surface area contributed by atoms with Gasteiger partial charge in [0.05, 0.1) is 12.5 Å². The number of methoxy groups -OCH3 is 1. The van der Waals surface area contributed by atoms with Gasteiger partial charge in [-0.2, -0.15) is 0 Å². The molecule has 0 unspecified atom stereocenters. The Morgan fingerprint density at radius 2 is 1.68 bits per heavy atom. The first-order chi connectivity index (χ1) is 8.69. The summed E-state index contributed by atoms with van der Waals surface area (Å²) in [5.74, 6) is -0.377. The quantitative estimate of drug-likeness (QED) is 0.830. The van der Waals surface area contributed by atoms with E-state index in [4.69, 9.17) is 9.84 Å². The molecule has 19 heavy (non-hydrogen) atoms. The van der Waals surface area contributed by atoms with Gasteiger partial charge in [0.25, 0.3) is 0 Å². The molecule has 1 N–H and O–H groups in total. The van der Waals surface area contributed by atoms with Crippen LogP contribution < -0.4 is 4.74 Å². The molecule has 0 amide bonds. The highest BCUT2D eigenvalue weighted by Gasteiger charge is 2.30. The Morgan fingerprint density at radius 1 is 1.21 bits per heavy atom. The molecule has 0 aliphatic heterocycles. The summed E-state index contributed by atoms with van der Waals surface area (Å²) in [6, 6.07) is 3.48. The molecule has 4 heteroatoms. The van der Waals surface area contributed by atoms with Crippen molar-refractivity contribution >= 4 is 11.8 Å². The minimum Gasteiger partial charge on any atom is -0.496 e. The van der Waals surface area contributed by atoms with Crippen LogP contribution in [0.2, 0.25) is 0 Å². The van der Waals surface area contributed by atoms with Crippen molar-refractivity contribution in [1.29, 1.82) is 0 Å². The molecule has 1 aromatic carbocycles. The zero-order chi connectivity index (χ0) is 14.8. The van der Waals surface area contributed by atoms with Crippen molar-refractivity contribution in [2.24, 2.45) is 5.41 Å². The molecule has 0 fully saturated rings. The fourth-order valence-electron chi connectivity index (χ4n) is 2.01. The van der Waals surface area contributed by atoms with Crippen molar-refractivity contribution in [3.05, 3.63) is 28.8 Å². The molecule has 0 atom stereocenters. The van der Waals surface area contributed by atoms with Gasteiger partial charge in [0.15, 0.2) is 5.78 Å². The van der Waals surface area contributed by atoms with Crippen LogP contribution in [0.5, 0.6) is 5.75 Å². The third kappa shape index (κ3) is 3.34. The van der Waals surface area contributed by atoms with Crippen LogP contribution in [0.1, 0.15) is 41.8 Å². The summed E-state index contributed by atoms with van der Waals surface area (Å²) in [6.07, 6.45) is -0.0203. The van der Waals surface area contributed by atoms with Gasteiger partial charge in [-0.3, -0.25) is 9.59 Å². The Labute approximate surface area is 113 Å².